The van der Waals surface area contributed by atoms with Crippen molar-refractivity contribution in [2.75, 3.05) is 7.11 Å². The van der Waals surface area contributed by atoms with E-state index in [-0.39, 0.29) is 17.6 Å². The molecule has 0 saturated heterocycles. The molecule has 0 spiro atoms. The van der Waals surface area contributed by atoms with Crippen LogP contribution in [0.25, 0.3) is 6.08 Å². The number of nitrogens with one attached hydrogen (secondary N) is 2. The first-order chi connectivity index (χ1) is 15.9. The highest BCUT2D eigenvalue weighted by Crippen LogP contribution is 2.24. The number of aryl methyl sites for hydroxylation is 1. The Morgan fingerprint density at radius 1 is 1.03 bits per heavy atom. The van der Waals surface area contributed by atoms with Crippen LogP contribution in [-0.4, -0.2) is 18.9 Å². The molecule has 0 radical (unpaired) electrons. The van der Waals surface area contributed by atoms with Gasteiger partial charge in [-0.15, -0.1) is 0 Å². The molecule has 0 fully saturated rings. The number of benzene rings is 2. The van der Waals surface area contributed by atoms with E-state index in [4.69, 9.17) is 9.15 Å². The van der Waals surface area contributed by atoms with Crippen molar-refractivity contribution < 1.29 is 18.7 Å². The fourth-order valence-corrected chi connectivity index (χ4v) is 3.40. The summed E-state index contributed by atoms with van der Waals surface area (Å²) in [6.45, 7) is 6.15. The van der Waals surface area contributed by atoms with E-state index in [1.54, 1.807) is 31.4 Å². The largest absolute Gasteiger partial charge is 0.497 e. The summed E-state index contributed by atoms with van der Waals surface area (Å²) in [4.78, 5) is 26.1. The minimum atomic E-state index is -0.395. The van der Waals surface area contributed by atoms with Gasteiger partial charge in [-0.1, -0.05) is 43.7 Å². The number of hydrogen-bond acceptors (Lipinski definition) is 4. The second-order valence-electron chi connectivity index (χ2n) is 8.32. The summed E-state index contributed by atoms with van der Waals surface area (Å²) in [7, 11) is 1.62. The van der Waals surface area contributed by atoms with Crippen LogP contribution in [0.2, 0.25) is 0 Å². The van der Waals surface area contributed by atoms with Crippen molar-refractivity contribution in [2.24, 2.45) is 5.92 Å². The number of amides is 2. The number of carbonyl (C=O) groups excluding carboxylic acids is 2. The lowest BCUT2D eigenvalue weighted by Gasteiger charge is -2.22. The van der Waals surface area contributed by atoms with Crippen LogP contribution in [0.3, 0.4) is 0 Å². The number of rotatable bonds is 9. The fourth-order valence-electron chi connectivity index (χ4n) is 3.40. The van der Waals surface area contributed by atoms with E-state index in [1.807, 2.05) is 43.3 Å². The molecule has 3 aromatic rings. The van der Waals surface area contributed by atoms with Crippen molar-refractivity contribution in [3.8, 4) is 5.75 Å². The summed E-state index contributed by atoms with van der Waals surface area (Å²) in [6, 6.07) is 18.0. The highest BCUT2D eigenvalue weighted by molar-refractivity contribution is 6.05. The van der Waals surface area contributed by atoms with Crippen molar-refractivity contribution in [3.05, 3.63) is 95.1 Å². The molecule has 0 aliphatic carbocycles. The second kappa shape index (κ2) is 11.2. The maximum absolute atomic E-state index is 13.3. The zero-order valence-electron chi connectivity index (χ0n) is 19.4. The van der Waals surface area contributed by atoms with Crippen molar-refractivity contribution in [2.45, 2.75) is 33.2 Å². The molecule has 1 unspecified atom stereocenters. The van der Waals surface area contributed by atoms with E-state index in [9.17, 15) is 9.59 Å². The summed E-state index contributed by atoms with van der Waals surface area (Å²) < 4.78 is 10.6. The number of hydrogen-bond donors (Lipinski definition) is 2. The van der Waals surface area contributed by atoms with Gasteiger partial charge in [0.15, 0.2) is 0 Å². The standard InChI is InChI=1S/C27H30N2O4/c1-18(2)16-24(20-11-13-22(32-4)14-12-20)28-27(31)25(17-23-6-5-15-33-23)29-26(30)21-9-7-19(3)8-10-21/h5-15,17-18,24H,16H2,1-4H3,(H,28,31)(H,29,30)/b25-17-. The lowest BCUT2D eigenvalue weighted by atomic mass is 9.96. The lowest BCUT2D eigenvalue weighted by molar-refractivity contribution is -0.118. The van der Waals surface area contributed by atoms with Gasteiger partial charge < -0.3 is 19.8 Å². The van der Waals surface area contributed by atoms with E-state index >= 15 is 0 Å². The third-order valence-corrected chi connectivity index (χ3v) is 5.17. The van der Waals surface area contributed by atoms with Crippen LogP contribution >= 0.6 is 0 Å². The van der Waals surface area contributed by atoms with Gasteiger partial charge in [-0.05, 0) is 61.2 Å². The van der Waals surface area contributed by atoms with Crippen LogP contribution in [0.15, 0.2) is 77.0 Å². The molecule has 0 aliphatic heterocycles. The second-order valence-corrected chi connectivity index (χ2v) is 8.32. The summed E-state index contributed by atoms with van der Waals surface area (Å²) in [5.74, 6) is 0.796. The first-order valence-electron chi connectivity index (χ1n) is 10.9. The maximum atomic E-state index is 13.3. The highest BCUT2D eigenvalue weighted by atomic mass is 16.5. The quantitative estimate of drug-likeness (QED) is 0.439. The van der Waals surface area contributed by atoms with E-state index < -0.39 is 5.91 Å². The molecule has 6 nitrogen and oxygen atoms in total. The van der Waals surface area contributed by atoms with Crippen LogP contribution < -0.4 is 15.4 Å². The molecular formula is C27H30N2O4. The zero-order valence-corrected chi connectivity index (χ0v) is 19.4. The van der Waals surface area contributed by atoms with Gasteiger partial charge in [0.05, 0.1) is 19.4 Å². The minimum absolute atomic E-state index is 0.109. The van der Waals surface area contributed by atoms with Crippen molar-refractivity contribution in [1.82, 2.24) is 10.6 Å². The van der Waals surface area contributed by atoms with Crippen LogP contribution in [0.4, 0.5) is 0 Å². The van der Waals surface area contributed by atoms with Crippen molar-refractivity contribution in [1.29, 1.82) is 0 Å². The predicted molar refractivity (Wildman–Crippen MR) is 129 cm³/mol. The Bertz CT molecular complexity index is 1080. The Morgan fingerprint density at radius 3 is 2.30 bits per heavy atom. The van der Waals surface area contributed by atoms with Gasteiger partial charge >= 0.3 is 0 Å². The Labute approximate surface area is 194 Å². The average molecular weight is 447 g/mol. The van der Waals surface area contributed by atoms with Gasteiger partial charge in [0.2, 0.25) is 0 Å². The van der Waals surface area contributed by atoms with Gasteiger partial charge in [-0.2, -0.15) is 0 Å². The molecule has 0 saturated carbocycles. The molecule has 6 heteroatoms. The molecule has 2 aromatic carbocycles. The smallest absolute Gasteiger partial charge is 0.268 e. The molecule has 0 bridgehead atoms. The third kappa shape index (κ3) is 6.84. The van der Waals surface area contributed by atoms with Gasteiger partial charge in [-0.25, -0.2) is 0 Å². The molecule has 2 N–H and O–H groups in total. The Balaban J connectivity index is 1.85. The summed E-state index contributed by atoms with van der Waals surface area (Å²) in [6.07, 6.45) is 3.78. The monoisotopic (exact) mass is 446 g/mol. The molecule has 2 amide bonds. The van der Waals surface area contributed by atoms with E-state index in [0.29, 0.717) is 17.2 Å². The highest BCUT2D eigenvalue weighted by Gasteiger charge is 2.21. The normalized spacial score (nSPS) is 12.3. The SMILES string of the molecule is COc1ccc(C(CC(C)C)NC(=O)/C(=C/c2ccco2)NC(=O)c2ccc(C)cc2)cc1. The van der Waals surface area contributed by atoms with Crippen molar-refractivity contribution in [3.63, 3.8) is 0 Å². The van der Waals surface area contributed by atoms with Crippen LogP contribution in [0, 0.1) is 12.8 Å². The molecule has 1 heterocycles. The fraction of sp³-hybridized carbons (Fsp3) is 0.259. The minimum Gasteiger partial charge on any atom is -0.497 e. The Morgan fingerprint density at radius 2 is 1.73 bits per heavy atom. The van der Waals surface area contributed by atoms with Gasteiger partial charge in [0, 0.05) is 11.6 Å². The van der Waals surface area contributed by atoms with E-state index in [0.717, 1.165) is 23.3 Å². The number of furan rings is 1. The third-order valence-electron chi connectivity index (χ3n) is 5.17. The maximum Gasteiger partial charge on any atom is 0.268 e. The summed E-state index contributed by atoms with van der Waals surface area (Å²) >= 11 is 0. The average Bonchev–Trinajstić information content (AvgIpc) is 3.31. The predicted octanol–water partition coefficient (Wildman–Crippen LogP) is 5.27. The molecule has 1 atom stereocenters. The number of ether oxygens (including phenoxy) is 1. The first-order valence-corrected chi connectivity index (χ1v) is 10.9. The molecule has 1 aromatic heterocycles. The molecule has 172 valence electrons. The molecular weight excluding hydrogens is 416 g/mol. The molecule has 33 heavy (non-hydrogen) atoms. The Hall–Kier alpha value is -3.80. The Kier molecular flexibility index (Phi) is 8.08. The van der Waals surface area contributed by atoms with Crippen LogP contribution in [0.1, 0.15) is 53.6 Å². The van der Waals surface area contributed by atoms with E-state index in [2.05, 4.69) is 24.5 Å². The first kappa shape index (κ1) is 23.9. The topological polar surface area (TPSA) is 80.6 Å². The molecule has 3 rings (SSSR count). The van der Waals surface area contributed by atoms with Gasteiger partial charge in [0.25, 0.3) is 11.8 Å². The van der Waals surface area contributed by atoms with Gasteiger partial charge in [-0.3, -0.25) is 9.59 Å². The summed E-state index contributed by atoms with van der Waals surface area (Å²) in [5.41, 5.74) is 2.58. The number of methoxy groups -OCH3 is 1. The van der Waals surface area contributed by atoms with Crippen LogP contribution in [-0.2, 0) is 4.79 Å². The number of carbonyl (C=O) groups is 2. The van der Waals surface area contributed by atoms with Gasteiger partial charge in [0.1, 0.15) is 17.2 Å². The lowest BCUT2D eigenvalue weighted by Crippen LogP contribution is -2.37. The van der Waals surface area contributed by atoms with Crippen molar-refractivity contribution >= 4 is 17.9 Å². The zero-order chi connectivity index (χ0) is 23.8. The van der Waals surface area contributed by atoms with E-state index in [1.165, 1.54) is 12.3 Å². The molecule has 0 aliphatic rings. The summed E-state index contributed by atoms with van der Waals surface area (Å²) in [5, 5.41) is 5.83. The van der Waals surface area contributed by atoms with Crippen LogP contribution in [0.5, 0.6) is 5.75 Å².